The molecule has 1 aromatic heterocycles. The van der Waals surface area contributed by atoms with E-state index in [1.165, 1.54) is 12.1 Å². The molecule has 8 nitrogen and oxygen atoms in total. The molecular weight excluding hydrogens is 470 g/mol. The molecule has 0 bridgehead atoms. The van der Waals surface area contributed by atoms with Crippen molar-refractivity contribution < 1.29 is 24.6 Å². The highest BCUT2D eigenvalue weighted by Gasteiger charge is 2.25. The predicted octanol–water partition coefficient (Wildman–Crippen LogP) is 3.43. The number of carboxylic acid groups (broad SMARTS) is 1. The number of rotatable bonds is 7. The van der Waals surface area contributed by atoms with Gasteiger partial charge in [0.05, 0.1) is 13.0 Å². The first-order valence-corrected chi connectivity index (χ1v) is 12.1. The van der Waals surface area contributed by atoms with Gasteiger partial charge in [-0.05, 0) is 53.4 Å². The zero-order valence-corrected chi connectivity index (χ0v) is 20.1. The smallest absolute Gasteiger partial charge is 0.326 e. The van der Waals surface area contributed by atoms with E-state index >= 15 is 0 Å². The molecule has 4 aromatic rings. The summed E-state index contributed by atoms with van der Waals surface area (Å²) in [6, 6.07) is 20.0. The van der Waals surface area contributed by atoms with Gasteiger partial charge in [-0.3, -0.25) is 9.59 Å². The number of nitrogens with one attached hydrogen (secondary N) is 2. The Hall–Kier alpha value is -4.59. The van der Waals surface area contributed by atoms with E-state index in [2.05, 4.69) is 10.3 Å². The van der Waals surface area contributed by atoms with Crippen molar-refractivity contribution in [3.8, 4) is 5.75 Å². The molecule has 0 saturated carbocycles. The Labute approximate surface area is 213 Å². The molecule has 4 N–H and O–H groups in total. The summed E-state index contributed by atoms with van der Waals surface area (Å²) >= 11 is 0. The third-order valence-electron chi connectivity index (χ3n) is 6.77. The van der Waals surface area contributed by atoms with Crippen molar-refractivity contribution in [2.75, 3.05) is 6.54 Å². The quantitative estimate of drug-likeness (QED) is 0.312. The molecule has 1 atom stereocenters. The summed E-state index contributed by atoms with van der Waals surface area (Å²) in [7, 11) is 0. The molecule has 1 aliphatic heterocycles. The van der Waals surface area contributed by atoms with Crippen LogP contribution in [0.25, 0.3) is 10.9 Å². The number of carboxylic acids is 1. The third-order valence-corrected chi connectivity index (χ3v) is 6.77. The number of aliphatic carboxylic acids is 1. The van der Waals surface area contributed by atoms with Crippen molar-refractivity contribution in [1.82, 2.24) is 15.2 Å². The summed E-state index contributed by atoms with van der Waals surface area (Å²) < 4.78 is 0. The molecule has 0 spiro atoms. The van der Waals surface area contributed by atoms with E-state index in [-0.39, 0.29) is 18.1 Å². The number of phenols is 1. The van der Waals surface area contributed by atoms with Crippen LogP contribution in [0.1, 0.15) is 32.7 Å². The molecule has 5 rings (SSSR count). The van der Waals surface area contributed by atoms with Gasteiger partial charge in [0.1, 0.15) is 11.8 Å². The van der Waals surface area contributed by atoms with Crippen LogP contribution in [-0.2, 0) is 35.4 Å². The molecule has 37 heavy (non-hydrogen) atoms. The van der Waals surface area contributed by atoms with E-state index in [0.717, 1.165) is 27.7 Å². The van der Waals surface area contributed by atoms with Crippen LogP contribution in [0.2, 0.25) is 0 Å². The maximum Gasteiger partial charge on any atom is 0.326 e. The van der Waals surface area contributed by atoms with Gasteiger partial charge in [0.2, 0.25) is 5.91 Å². The van der Waals surface area contributed by atoms with Gasteiger partial charge in [0, 0.05) is 35.1 Å². The summed E-state index contributed by atoms with van der Waals surface area (Å²) in [4.78, 5) is 42.8. The number of carbonyl (C=O) groups is 3. The number of aromatic amines is 1. The Balaban J connectivity index is 1.30. The van der Waals surface area contributed by atoms with Crippen molar-refractivity contribution >= 4 is 28.7 Å². The van der Waals surface area contributed by atoms with E-state index in [1.807, 2.05) is 41.3 Å². The number of benzene rings is 3. The molecule has 0 fully saturated rings. The monoisotopic (exact) mass is 497 g/mol. The van der Waals surface area contributed by atoms with Gasteiger partial charge >= 0.3 is 5.97 Å². The summed E-state index contributed by atoms with van der Waals surface area (Å²) in [5.74, 6) is -1.45. The zero-order chi connectivity index (χ0) is 25.9. The molecule has 3 aromatic carbocycles. The fraction of sp³-hybridized carbons (Fsp3) is 0.207. The van der Waals surface area contributed by atoms with Gasteiger partial charge in [-0.2, -0.15) is 0 Å². The van der Waals surface area contributed by atoms with Crippen LogP contribution in [-0.4, -0.2) is 50.5 Å². The zero-order valence-electron chi connectivity index (χ0n) is 20.1. The summed E-state index contributed by atoms with van der Waals surface area (Å²) in [6.07, 6.45) is 1.12. The minimum absolute atomic E-state index is 0.0731. The number of aromatic nitrogens is 1. The number of hydrogen-bond acceptors (Lipinski definition) is 4. The van der Waals surface area contributed by atoms with Gasteiger partial charge in [-0.25, -0.2) is 4.79 Å². The van der Waals surface area contributed by atoms with E-state index in [4.69, 9.17) is 0 Å². The second-order valence-corrected chi connectivity index (χ2v) is 9.30. The van der Waals surface area contributed by atoms with Gasteiger partial charge in [0.15, 0.2) is 0 Å². The second kappa shape index (κ2) is 10.2. The van der Waals surface area contributed by atoms with Crippen LogP contribution in [0.5, 0.6) is 5.75 Å². The largest absolute Gasteiger partial charge is 0.508 e. The molecular formula is C29H27N3O5. The maximum absolute atomic E-state index is 13.0. The lowest BCUT2D eigenvalue weighted by atomic mass is 10.0. The minimum Gasteiger partial charge on any atom is -0.508 e. The highest BCUT2D eigenvalue weighted by molar-refractivity contribution is 6.00. The average molecular weight is 498 g/mol. The standard InChI is InChI=1S/C29H27N3O5/c33-21-9-6-19(7-10-21)14-25(29(36)37)31-28(35)20-8-11-24-23(16-20)22-12-13-32(17-26(22)30-24)27(34)15-18-4-2-1-3-5-18/h1-11,16,25,30,33H,12-15,17H2,(H,31,35)(H,36,37). The van der Waals surface area contributed by atoms with E-state index in [9.17, 15) is 24.6 Å². The maximum atomic E-state index is 13.0. The Kier molecular flexibility index (Phi) is 6.64. The highest BCUT2D eigenvalue weighted by atomic mass is 16.4. The van der Waals surface area contributed by atoms with Crippen LogP contribution in [0.4, 0.5) is 0 Å². The first-order valence-electron chi connectivity index (χ1n) is 12.1. The number of aromatic hydroxyl groups is 1. The van der Waals surface area contributed by atoms with Gasteiger partial charge < -0.3 is 25.4 Å². The minimum atomic E-state index is -1.14. The second-order valence-electron chi connectivity index (χ2n) is 9.30. The lowest BCUT2D eigenvalue weighted by Gasteiger charge is -2.27. The van der Waals surface area contributed by atoms with Crippen molar-refractivity contribution in [3.05, 3.63) is 101 Å². The number of H-pyrrole nitrogens is 1. The normalized spacial score (nSPS) is 13.7. The summed E-state index contributed by atoms with van der Waals surface area (Å²) in [5, 5.41) is 22.6. The number of carbonyl (C=O) groups excluding carboxylic acids is 2. The van der Waals surface area contributed by atoms with Crippen LogP contribution < -0.4 is 5.32 Å². The van der Waals surface area contributed by atoms with Crippen LogP contribution in [0, 0.1) is 0 Å². The average Bonchev–Trinajstić information content (AvgIpc) is 3.27. The molecule has 188 valence electrons. The van der Waals surface area contributed by atoms with Gasteiger partial charge in [0.25, 0.3) is 5.91 Å². The molecule has 0 saturated heterocycles. The molecule has 1 unspecified atom stereocenters. The molecule has 2 amide bonds. The van der Waals surface area contributed by atoms with Crippen molar-refractivity contribution in [3.63, 3.8) is 0 Å². The van der Waals surface area contributed by atoms with Crippen molar-refractivity contribution in [1.29, 1.82) is 0 Å². The Bertz CT molecular complexity index is 1460. The molecule has 0 radical (unpaired) electrons. The lowest BCUT2D eigenvalue weighted by molar-refractivity contribution is -0.139. The first-order chi connectivity index (χ1) is 17.9. The van der Waals surface area contributed by atoms with Crippen molar-refractivity contribution in [2.45, 2.75) is 31.8 Å². The number of phenolic OH excluding ortho intramolecular Hbond substituents is 1. The highest BCUT2D eigenvalue weighted by Crippen LogP contribution is 2.29. The molecule has 2 heterocycles. The van der Waals surface area contributed by atoms with Gasteiger partial charge in [-0.1, -0.05) is 42.5 Å². The fourth-order valence-electron chi connectivity index (χ4n) is 4.79. The Morgan fingerprint density at radius 2 is 1.73 bits per heavy atom. The number of hydrogen-bond donors (Lipinski definition) is 4. The number of amides is 2. The topological polar surface area (TPSA) is 123 Å². The fourth-order valence-corrected chi connectivity index (χ4v) is 4.79. The van der Waals surface area contributed by atoms with Gasteiger partial charge in [-0.15, -0.1) is 0 Å². The summed E-state index contributed by atoms with van der Waals surface area (Å²) in [5.41, 5.74) is 4.94. The summed E-state index contributed by atoms with van der Waals surface area (Å²) in [6.45, 7) is 1.07. The molecule has 1 aliphatic rings. The SMILES string of the molecule is O=C(NC(Cc1ccc(O)cc1)C(=O)O)c1ccc2[nH]c3c(c2c1)CCN(C(=O)Cc1ccccc1)C3. The molecule has 8 heteroatoms. The van der Waals surface area contributed by atoms with E-state index in [0.29, 0.717) is 37.1 Å². The Morgan fingerprint density at radius 3 is 2.46 bits per heavy atom. The lowest BCUT2D eigenvalue weighted by Crippen LogP contribution is -2.42. The third kappa shape index (κ3) is 5.33. The van der Waals surface area contributed by atoms with Crippen LogP contribution in [0.15, 0.2) is 72.8 Å². The Morgan fingerprint density at radius 1 is 0.973 bits per heavy atom. The first kappa shape index (κ1) is 24.1. The van der Waals surface area contributed by atoms with Crippen LogP contribution in [0.3, 0.4) is 0 Å². The van der Waals surface area contributed by atoms with E-state index < -0.39 is 17.9 Å². The number of fused-ring (bicyclic) bond motifs is 3. The van der Waals surface area contributed by atoms with Crippen molar-refractivity contribution in [2.24, 2.45) is 0 Å². The number of nitrogens with zero attached hydrogens (tertiary/aromatic N) is 1. The van der Waals surface area contributed by atoms with E-state index in [1.54, 1.807) is 24.3 Å². The predicted molar refractivity (Wildman–Crippen MR) is 138 cm³/mol. The van der Waals surface area contributed by atoms with Crippen LogP contribution >= 0.6 is 0 Å². The molecule has 0 aliphatic carbocycles.